The summed E-state index contributed by atoms with van der Waals surface area (Å²) in [6.07, 6.45) is 1.88. The van der Waals surface area contributed by atoms with Gasteiger partial charge in [-0.05, 0) is 24.1 Å². The number of nitrogens with one attached hydrogen (secondary N) is 1. The van der Waals surface area contributed by atoms with Crippen molar-refractivity contribution in [3.05, 3.63) is 51.4 Å². The van der Waals surface area contributed by atoms with Gasteiger partial charge in [0.15, 0.2) is 0 Å². The molecule has 0 saturated carbocycles. The van der Waals surface area contributed by atoms with Crippen molar-refractivity contribution in [3.63, 3.8) is 0 Å². The summed E-state index contributed by atoms with van der Waals surface area (Å²) in [5, 5.41) is 3.46. The van der Waals surface area contributed by atoms with Crippen molar-refractivity contribution in [1.82, 2.24) is 9.97 Å². The lowest BCUT2D eigenvalue weighted by Crippen LogP contribution is -2.10. The molecule has 0 unspecified atom stereocenters. The topological polar surface area (TPSA) is 37.8 Å². The molecule has 3 nitrogen and oxygen atoms in total. The van der Waals surface area contributed by atoms with Crippen molar-refractivity contribution in [2.45, 2.75) is 31.3 Å². The van der Waals surface area contributed by atoms with Crippen LogP contribution in [0.15, 0.2) is 28.7 Å². The third-order valence-corrected chi connectivity index (χ3v) is 4.88. The van der Waals surface area contributed by atoms with Gasteiger partial charge in [0.05, 0.1) is 5.69 Å². The zero-order chi connectivity index (χ0) is 14.7. The van der Waals surface area contributed by atoms with E-state index in [0.29, 0.717) is 0 Å². The number of aromatic nitrogens is 2. The molecule has 21 heavy (non-hydrogen) atoms. The van der Waals surface area contributed by atoms with Gasteiger partial charge in [0, 0.05) is 34.5 Å². The van der Waals surface area contributed by atoms with Crippen molar-refractivity contribution in [1.29, 1.82) is 0 Å². The molecule has 1 aromatic carbocycles. The highest BCUT2D eigenvalue weighted by atomic mass is 79.9. The number of anilines is 1. The lowest BCUT2D eigenvalue weighted by molar-refractivity contribution is 0.905. The summed E-state index contributed by atoms with van der Waals surface area (Å²) in [6.45, 7) is 3.13. The van der Waals surface area contributed by atoms with E-state index in [9.17, 15) is 0 Å². The van der Waals surface area contributed by atoms with Crippen LogP contribution in [-0.4, -0.2) is 16.5 Å². The molecule has 0 bridgehead atoms. The number of thioether (sulfide) groups is 1. The fourth-order valence-electron chi connectivity index (χ4n) is 2.40. The molecule has 2 heterocycles. The minimum absolute atomic E-state index is 0.776. The average molecular weight is 364 g/mol. The number of halogens is 1. The van der Waals surface area contributed by atoms with Crippen LogP contribution in [-0.2, 0) is 17.9 Å². The van der Waals surface area contributed by atoms with Crippen LogP contribution in [0.2, 0.25) is 0 Å². The average Bonchev–Trinajstić information content (AvgIpc) is 2.93. The SMILES string of the molecule is CCCNc1nc(Cc2cccc(Br)c2)nc2c1CSC2. The molecule has 0 aliphatic carbocycles. The summed E-state index contributed by atoms with van der Waals surface area (Å²) in [5.74, 6) is 3.98. The molecule has 0 atom stereocenters. The maximum atomic E-state index is 4.76. The van der Waals surface area contributed by atoms with Gasteiger partial charge in [-0.15, -0.1) is 0 Å². The van der Waals surface area contributed by atoms with E-state index in [4.69, 9.17) is 9.97 Å². The molecule has 1 aliphatic heterocycles. The second-order valence-corrected chi connectivity index (χ2v) is 7.04. The highest BCUT2D eigenvalue weighted by Gasteiger charge is 2.19. The van der Waals surface area contributed by atoms with E-state index in [1.54, 1.807) is 0 Å². The van der Waals surface area contributed by atoms with Crippen LogP contribution in [0.5, 0.6) is 0 Å². The Bertz CT molecular complexity index is 645. The molecule has 0 amide bonds. The Morgan fingerprint density at radius 3 is 3.00 bits per heavy atom. The predicted octanol–water partition coefficient (Wildman–Crippen LogP) is 4.40. The van der Waals surface area contributed by atoms with Crippen molar-refractivity contribution in [2.24, 2.45) is 0 Å². The van der Waals surface area contributed by atoms with Gasteiger partial charge in [0.2, 0.25) is 0 Å². The van der Waals surface area contributed by atoms with Crippen LogP contribution in [0, 0.1) is 0 Å². The summed E-state index contributed by atoms with van der Waals surface area (Å²) >= 11 is 5.44. The summed E-state index contributed by atoms with van der Waals surface area (Å²) in [6, 6.07) is 8.34. The van der Waals surface area contributed by atoms with E-state index in [0.717, 1.165) is 47.0 Å². The van der Waals surface area contributed by atoms with Crippen LogP contribution in [0.25, 0.3) is 0 Å². The lowest BCUT2D eigenvalue weighted by atomic mass is 10.1. The molecule has 1 aromatic heterocycles. The second-order valence-electron chi connectivity index (χ2n) is 5.14. The van der Waals surface area contributed by atoms with E-state index >= 15 is 0 Å². The summed E-state index contributed by atoms with van der Waals surface area (Å²) < 4.78 is 1.10. The fourth-order valence-corrected chi connectivity index (χ4v) is 3.89. The Hall–Kier alpha value is -1.07. The van der Waals surface area contributed by atoms with Crippen LogP contribution in [0.4, 0.5) is 5.82 Å². The van der Waals surface area contributed by atoms with Crippen molar-refractivity contribution in [2.75, 3.05) is 11.9 Å². The molecule has 3 rings (SSSR count). The molecule has 0 saturated heterocycles. The minimum Gasteiger partial charge on any atom is -0.370 e. The Labute approximate surface area is 138 Å². The molecular weight excluding hydrogens is 346 g/mol. The Morgan fingerprint density at radius 1 is 1.29 bits per heavy atom. The van der Waals surface area contributed by atoms with Gasteiger partial charge in [-0.2, -0.15) is 11.8 Å². The second kappa shape index (κ2) is 6.79. The van der Waals surface area contributed by atoms with Gasteiger partial charge < -0.3 is 5.32 Å². The highest BCUT2D eigenvalue weighted by molar-refractivity contribution is 9.10. The zero-order valence-corrected chi connectivity index (χ0v) is 14.4. The molecule has 0 spiro atoms. The Kier molecular flexibility index (Phi) is 4.80. The van der Waals surface area contributed by atoms with Crippen molar-refractivity contribution in [3.8, 4) is 0 Å². The quantitative estimate of drug-likeness (QED) is 0.854. The number of rotatable bonds is 5. The van der Waals surface area contributed by atoms with Gasteiger partial charge in [0.25, 0.3) is 0 Å². The lowest BCUT2D eigenvalue weighted by Gasteiger charge is -2.11. The summed E-state index contributed by atoms with van der Waals surface area (Å²) in [7, 11) is 0. The maximum Gasteiger partial charge on any atom is 0.135 e. The molecule has 2 aromatic rings. The molecule has 0 radical (unpaired) electrons. The standard InChI is InChI=1S/C16H18BrN3S/c1-2-6-18-16-13-9-21-10-14(13)19-15(20-16)8-11-4-3-5-12(17)7-11/h3-5,7H,2,6,8-10H2,1H3,(H,18,19,20). The van der Waals surface area contributed by atoms with Crippen molar-refractivity contribution < 1.29 is 0 Å². The van der Waals surface area contributed by atoms with E-state index < -0.39 is 0 Å². The smallest absolute Gasteiger partial charge is 0.135 e. The number of hydrogen-bond donors (Lipinski definition) is 1. The van der Waals surface area contributed by atoms with Crippen LogP contribution >= 0.6 is 27.7 Å². The Morgan fingerprint density at radius 2 is 2.19 bits per heavy atom. The molecular formula is C16H18BrN3S. The van der Waals surface area contributed by atoms with E-state index in [-0.39, 0.29) is 0 Å². The van der Waals surface area contributed by atoms with Gasteiger partial charge in [0.1, 0.15) is 11.6 Å². The molecule has 0 fully saturated rings. The zero-order valence-electron chi connectivity index (χ0n) is 12.0. The van der Waals surface area contributed by atoms with E-state index in [1.807, 2.05) is 17.8 Å². The molecule has 5 heteroatoms. The van der Waals surface area contributed by atoms with Crippen molar-refractivity contribution >= 4 is 33.5 Å². The number of fused-ring (bicyclic) bond motifs is 1. The summed E-state index contributed by atoms with van der Waals surface area (Å²) in [4.78, 5) is 9.52. The number of hydrogen-bond acceptors (Lipinski definition) is 4. The van der Waals surface area contributed by atoms with Crippen LogP contribution < -0.4 is 5.32 Å². The third kappa shape index (κ3) is 3.58. The third-order valence-electron chi connectivity index (χ3n) is 3.42. The minimum atomic E-state index is 0.776. The maximum absolute atomic E-state index is 4.76. The first-order chi connectivity index (χ1) is 10.3. The first-order valence-electron chi connectivity index (χ1n) is 7.21. The monoisotopic (exact) mass is 363 g/mol. The first kappa shape index (κ1) is 14.9. The summed E-state index contributed by atoms with van der Waals surface area (Å²) in [5.41, 5.74) is 3.74. The molecule has 1 N–H and O–H groups in total. The normalized spacial score (nSPS) is 13.2. The number of nitrogens with zero attached hydrogens (tertiary/aromatic N) is 2. The van der Waals surface area contributed by atoms with E-state index in [2.05, 4.69) is 46.4 Å². The van der Waals surface area contributed by atoms with Gasteiger partial charge in [-0.25, -0.2) is 9.97 Å². The molecule has 1 aliphatic rings. The fraction of sp³-hybridized carbons (Fsp3) is 0.375. The van der Waals surface area contributed by atoms with Gasteiger partial charge >= 0.3 is 0 Å². The first-order valence-corrected chi connectivity index (χ1v) is 9.15. The Balaban J connectivity index is 1.88. The highest BCUT2D eigenvalue weighted by Crippen LogP contribution is 2.33. The largest absolute Gasteiger partial charge is 0.370 e. The van der Waals surface area contributed by atoms with Gasteiger partial charge in [-0.1, -0.05) is 35.0 Å². The van der Waals surface area contributed by atoms with Crippen LogP contribution in [0.3, 0.4) is 0 Å². The van der Waals surface area contributed by atoms with Crippen LogP contribution in [0.1, 0.15) is 36.0 Å². The molecule has 110 valence electrons. The van der Waals surface area contributed by atoms with Gasteiger partial charge in [-0.3, -0.25) is 0 Å². The predicted molar refractivity (Wildman–Crippen MR) is 92.8 cm³/mol. The van der Waals surface area contributed by atoms with E-state index in [1.165, 1.54) is 16.8 Å². The number of benzene rings is 1.